The number of nitrogens with one attached hydrogen (secondary N) is 1. The van der Waals surface area contributed by atoms with E-state index in [2.05, 4.69) is 5.32 Å². The van der Waals surface area contributed by atoms with Crippen molar-refractivity contribution >= 4 is 5.97 Å². The van der Waals surface area contributed by atoms with Crippen molar-refractivity contribution in [2.45, 2.75) is 70.9 Å². The molecule has 16 heavy (non-hydrogen) atoms. The first-order valence-electron chi connectivity index (χ1n) is 6.42. The lowest BCUT2D eigenvalue weighted by atomic mass is 10.1. The van der Waals surface area contributed by atoms with Gasteiger partial charge in [0.1, 0.15) is 6.10 Å². The zero-order valence-corrected chi connectivity index (χ0v) is 10.8. The lowest BCUT2D eigenvalue weighted by molar-refractivity contribution is -0.148. The fourth-order valence-electron chi connectivity index (χ4n) is 1.92. The van der Waals surface area contributed by atoms with Gasteiger partial charge in [-0.1, -0.05) is 12.8 Å². The average molecular weight is 227 g/mol. The van der Waals surface area contributed by atoms with E-state index in [9.17, 15) is 4.79 Å². The lowest BCUT2D eigenvalue weighted by Gasteiger charge is -2.21. The SMILES string of the molecule is CC(C)(C)NCC(=O)OC1CCCCCC1. The van der Waals surface area contributed by atoms with Crippen molar-refractivity contribution in [3.05, 3.63) is 0 Å². The van der Waals surface area contributed by atoms with E-state index < -0.39 is 0 Å². The van der Waals surface area contributed by atoms with Crippen molar-refractivity contribution in [1.29, 1.82) is 0 Å². The van der Waals surface area contributed by atoms with Crippen molar-refractivity contribution in [3.8, 4) is 0 Å². The van der Waals surface area contributed by atoms with E-state index >= 15 is 0 Å². The number of ether oxygens (including phenoxy) is 1. The predicted octanol–water partition coefficient (Wildman–Crippen LogP) is 2.64. The molecule has 0 amide bonds. The minimum Gasteiger partial charge on any atom is -0.461 e. The molecule has 0 heterocycles. The van der Waals surface area contributed by atoms with Gasteiger partial charge in [-0.05, 0) is 46.5 Å². The molecule has 1 rings (SSSR count). The Morgan fingerprint density at radius 1 is 1.19 bits per heavy atom. The van der Waals surface area contributed by atoms with Gasteiger partial charge < -0.3 is 10.1 Å². The van der Waals surface area contributed by atoms with Crippen LogP contribution in [0.25, 0.3) is 0 Å². The van der Waals surface area contributed by atoms with Crippen molar-refractivity contribution in [2.75, 3.05) is 6.54 Å². The van der Waals surface area contributed by atoms with Gasteiger partial charge >= 0.3 is 5.97 Å². The molecule has 3 heteroatoms. The highest BCUT2D eigenvalue weighted by Gasteiger charge is 2.18. The monoisotopic (exact) mass is 227 g/mol. The Morgan fingerprint density at radius 3 is 2.25 bits per heavy atom. The first kappa shape index (κ1) is 13.5. The van der Waals surface area contributed by atoms with Crippen LogP contribution in [0, 0.1) is 0 Å². The summed E-state index contributed by atoms with van der Waals surface area (Å²) in [4.78, 5) is 11.6. The van der Waals surface area contributed by atoms with Crippen molar-refractivity contribution in [2.24, 2.45) is 0 Å². The maximum absolute atomic E-state index is 11.6. The second-order valence-corrected chi connectivity index (χ2v) is 5.71. The molecule has 1 fully saturated rings. The third kappa shape index (κ3) is 6.11. The van der Waals surface area contributed by atoms with Gasteiger partial charge in [-0.3, -0.25) is 4.79 Å². The van der Waals surface area contributed by atoms with Crippen LogP contribution in [0.5, 0.6) is 0 Å². The van der Waals surface area contributed by atoms with Crippen LogP contribution in [0.1, 0.15) is 59.3 Å². The fraction of sp³-hybridized carbons (Fsp3) is 0.923. The Balaban J connectivity index is 2.22. The lowest BCUT2D eigenvalue weighted by Crippen LogP contribution is -2.40. The molecule has 3 nitrogen and oxygen atoms in total. The highest BCUT2D eigenvalue weighted by Crippen LogP contribution is 2.19. The summed E-state index contributed by atoms with van der Waals surface area (Å²) in [6, 6.07) is 0. The molecule has 0 unspecified atom stereocenters. The van der Waals surface area contributed by atoms with Crippen LogP contribution in [0.2, 0.25) is 0 Å². The highest BCUT2D eigenvalue weighted by atomic mass is 16.5. The van der Waals surface area contributed by atoms with E-state index in [4.69, 9.17) is 4.74 Å². The summed E-state index contributed by atoms with van der Waals surface area (Å²) in [5, 5.41) is 3.15. The van der Waals surface area contributed by atoms with Gasteiger partial charge in [0, 0.05) is 5.54 Å². The first-order valence-corrected chi connectivity index (χ1v) is 6.42. The number of rotatable bonds is 3. The standard InChI is InChI=1S/C13H25NO2/c1-13(2,3)14-10-12(15)16-11-8-6-4-5-7-9-11/h11,14H,4-10H2,1-3H3. The molecule has 1 aliphatic rings. The van der Waals surface area contributed by atoms with Gasteiger partial charge in [0.2, 0.25) is 0 Å². The Morgan fingerprint density at radius 2 is 1.75 bits per heavy atom. The van der Waals surface area contributed by atoms with Crippen molar-refractivity contribution < 1.29 is 9.53 Å². The smallest absolute Gasteiger partial charge is 0.320 e. The van der Waals surface area contributed by atoms with Gasteiger partial charge in [0.25, 0.3) is 0 Å². The van der Waals surface area contributed by atoms with Crippen molar-refractivity contribution in [3.63, 3.8) is 0 Å². The largest absolute Gasteiger partial charge is 0.461 e. The summed E-state index contributed by atoms with van der Waals surface area (Å²) in [6.07, 6.45) is 7.22. The van der Waals surface area contributed by atoms with Crippen LogP contribution in [-0.4, -0.2) is 24.2 Å². The van der Waals surface area contributed by atoms with Gasteiger partial charge in [-0.25, -0.2) is 0 Å². The fourth-order valence-corrected chi connectivity index (χ4v) is 1.92. The summed E-state index contributed by atoms with van der Waals surface area (Å²) < 4.78 is 5.47. The van der Waals surface area contributed by atoms with E-state index in [1.54, 1.807) is 0 Å². The summed E-state index contributed by atoms with van der Waals surface area (Å²) >= 11 is 0. The van der Waals surface area contributed by atoms with Gasteiger partial charge in [0.15, 0.2) is 0 Å². The van der Waals surface area contributed by atoms with Crippen LogP contribution < -0.4 is 5.32 Å². The van der Waals surface area contributed by atoms with Gasteiger partial charge in [-0.15, -0.1) is 0 Å². The molecule has 0 aliphatic heterocycles. The molecule has 94 valence electrons. The molecule has 0 radical (unpaired) electrons. The Kier molecular flexibility index (Phi) is 5.26. The van der Waals surface area contributed by atoms with Crippen molar-refractivity contribution in [1.82, 2.24) is 5.32 Å². The zero-order valence-electron chi connectivity index (χ0n) is 10.8. The van der Waals surface area contributed by atoms with Crippen LogP contribution in [-0.2, 0) is 9.53 Å². The zero-order chi connectivity index (χ0) is 12.0. The molecule has 0 atom stereocenters. The number of esters is 1. The third-order valence-corrected chi connectivity index (χ3v) is 2.86. The minimum atomic E-state index is -0.109. The van der Waals surface area contributed by atoms with E-state index in [0.29, 0.717) is 6.54 Å². The quantitative estimate of drug-likeness (QED) is 0.595. The summed E-state index contributed by atoms with van der Waals surface area (Å²) in [6.45, 7) is 6.46. The molecular weight excluding hydrogens is 202 g/mol. The predicted molar refractivity (Wildman–Crippen MR) is 65.3 cm³/mol. The minimum absolute atomic E-state index is 0.0253. The van der Waals surface area contributed by atoms with E-state index in [1.807, 2.05) is 20.8 Å². The number of carbonyl (C=O) groups is 1. The molecule has 1 aliphatic carbocycles. The molecule has 0 aromatic rings. The Labute approximate surface area is 98.9 Å². The third-order valence-electron chi connectivity index (χ3n) is 2.86. The molecule has 0 aromatic carbocycles. The topological polar surface area (TPSA) is 38.3 Å². The number of hydrogen-bond acceptors (Lipinski definition) is 3. The van der Waals surface area contributed by atoms with E-state index in [1.165, 1.54) is 25.7 Å². The molecular formula is C13H25NO2. The Hall–Kier alpha value is -0.570. The summed E-state index contributed by atoms with van der Waals surface area (Å²) in [7, 11) is 0. The van der Waals surface area contributed by atoms with Crippen LogP contribution in [0.4, 0.5) is 0 Å². The molecule has 0 spiro atoms. The molecule has 1 saturated carbocycles. The van der Waals surface area contributed by atoms with Gasteiger partial charge in [0.05, 0.1) is 6.54 Å². The number of carbonyl (C=O) groups excluding carboxylic acids is 1. The number of hydrogen-bond donors (Lipinski definition) is 1. The maximum Gasteiger partial charge on any atom is 0.320 e. The molecule has 0 bridgehead atoms. The molecule has 1 N–H and O–H groups in total. The summed E-state index contributed by atoms with van der Waals surface area (Å²) in [5.74, 6) is -0.109. The maximum atomic E-state index is 11.6. The molecule has 0 saturated heterocycles. The highest BCUT2D eigenvalue weighted by molar-refractivity contribution is 5.71. The average Bonchev–Trinajstić information content (AvgIpc) is 2.42. The van der Waals surface area contributed by atoms with E-state index in [-0.39, 0.29) is 17.6 Å². The van der Waals surface area contributed by atoms with Crippen LogP contribution in [0.15, 0.2) is 0 Å². The summed E-state index contributed by atoms with van der Waals surface area (Å²) in [5.41, 5.74) is -0.0253. The van der Waals surface area contributed by atoms with Crippen LogP contribution >= 0.6 is 0 Å². The van der Waals surface area contributed by atoms with Gasteiger partial charge in [-0.2, -0.15) is 0 Å². The molecule has 0 aromatic heterocycles. The first-order chi connectivity index (χ1) is 7.47. The second-order valence-electron chi connectivity index (χ2n) is 5.71. The van der Waals surface area contributed by atoms with E-state index in [0.717, 1.165) is 12.8 Å². The Bertz CT molecular complexity index is 212. The second kappa shape index (κ2) is 6.24. The van der Waals surface area contributed by atoms with Crippen LogP contribution in [0.3, 0.4) is 0 Å². The normalized spacial score (nSPS) is 19.2.